The van der Waals surface area contributed by atoms with Crippen LogP contribution in [0.15, 0.2) is 0 Å². The maximum absolute atomic E-state index is 9.04. The van der Waals surface area contributed by atoms with Crippen LogP contribution in [0, 0.1) is 6.92 Å². The summed E-state index contributed by atoms with van der Waals surface area (Å²) < 4.78 is 0. The SMILES string of the molecule is [CH2-]C(C)(O)C(C)(C)O.[Zr]. The molecule has 0 aliphatic heterocycles. The minimum Gasteiger partial charge on any atom is -0.419 e. The molecule has 0 saturated heterocycles. The summed E-state index contributed by atoms with van der Waals surface area (Å²) >= 11 is 0. The van der Waals surface area contributed by atoms with E-state index >= 15 is 0 Å². The zero-order valence-electron chi connectivity index (χ0n) is 6.10. The first-order chi connectivity index (χ1) is 3.25. The summed E-state index contributed by atoms with van der Waals surface area (Å²) in [5.41, 5.74) is -2.37. The maximum atomic E-state index is 9.04. The number of hydrogen-bond acceptors (Lipinski definition) is 2. The van der Waals surface area contributed by atoms with Crippen LogP contribution in [0.4, 0.5) is 0 Å². The fourth-order valence-electron chi connectivity index (χ4n) is 0. The molecule has 0 spiro atoms. The van der Waals surface area contributed by atoms with E-state index in [0.29, 0.717) is 0 Å². The predicted molar refractivity (Wildman–Crippen MR) is 32.3 cm³/mol. The Morgan fingerprint density at radius 1 is 1.11 bits per heavy atom. The average molecular weight is 208 g/mol. The van der Waals surface area contributed by atoms with Gasteiger partial charge in [0, 0.05) is 26.2 Å². The van der Waals surface area contributed by atoms with Crippen molar-refractivity contribution in [1.29, 1.82) is 0 Å². The van der Waals surface area contributed by atoms with Gasteiger partial charge in [-0.15, -0.1) is 0 Å². The molecule has 0 heterocycles. The molecule has 0 amide bonds. The van der Waals surface area contributed by atoms with Crippen LogP contribution < -0.4 is 0 Å². The third-order valence-electron chi connectivity index (χ3n) is 1.32. The van der Waals surface area contributed by atoms with Gasteiger partial charge in [-0.3, -0.25) is 0 Å². The quantitative estimate of drug-likeness (QED) is 0.610. The van der Waals surface area contributed by atoms with Crippen LogP contribution in [0.3, 0.4) is 0 Å². The van der Waals surface area contributed by atoms with E-state index in [1.54, 1.807) is 0 Å². The van der Waals surface area contributed by atoms with E-state index in [-0.39, 0.29) is 26.2 Å². The van der Waals surface area contributed by atoms with E-state index in [4.69, 9.17) is 10.2 Å². The van der Waals surface area contributed by atoms with E-state index < -0.39 is 11.2 Å². The van der Waals surface area contributed by atoms with Crippen molar-refractivity contribution in [3.8, 4) is 0 Å². The van der Waals surface area contributed by atoms with Crippen molar-refractivity contribution in [2.75, 3.05) is 0 Å². The molecule has 1 unspecified atom stereocenters. The Bertz CT molecular complexity index is 66.0. The van der Waals surface area contributed by atoms with E-state index in [9.17, 15) is 0 Å². The van der Waals surface area contributed by atoms with E-state index in [1.165, 1.54) is 20.8 Å². The zero-order chi connectivity index (χ0) is 7.00. The third-order valence-corrected chi connectivity index (χ3v) is 1.32. The van der Waals surface area contributed by atoms with Crippen LogP contribution >= 0.6 is 0 Å². The Labute approximate surface area is 75.4 Å². The van der Waals surface area contributed by atoms with Gasteiger partial charge >= 0.3 is 0 Å². The van der Waals surface area contributed by atoms with Crippen molar-refractivity contribution in [2.24, 2.45) is 0 Å². The first-order valence-corrected chi connectivity index (χ1v) is 2.55. The predicted octanol–water partition coefficient (Wildman–Crippen LogP) is 0.340. The minimum atomic E-state index is -1.26. The Hall–Kier alpha value is 0.803. The molecular formula is C6H13O2Zr-. The summed E-state index contributed by atoms with van der Waals surface area (Å²) in [5.74, 6) is 0. The van der Waals surface area contributed by atoms with Crippen LogP contribution in [0.1, 0.15) is 20.8 Å². The summed E-state index contributed by atoms with van der Waals surface area (Å²) in [5, 5.41) is 18.0. The molecule has 0 aromatic heterocycles. The number of aliphatic hydroxyl groups is 2. The van der Waals surface area contributed by atoms with Crippen molar-refractivity contribution >= 4 is 0 Å². The monoisotopic (exact) mass is 207 g/mol. The topological polar surface area (TPSA) is 40.5 Å². The summed E-state index contributed by atoms with van der Waals surface area (Å²) in [4.78, 5) is 0. The van der Waals surface area contributed by atoms with Gasteiger partial charge < -0.3 is 17.1 Å². The second-order valence-electron chi connectivity index (χ2n) is 2.83. The summed E-state index contributed by atoms with van der Waals surface area (Å²) in [6.45, 7) is 7.84. The second kappa shape index (κ2) is 3.27. The van der Waals surface area contributed by atoms with Gasteiger partial charge in [0.05, 0.1) is 5.60 Å². The summed E-state index contributed by atoms with van der Waals surface area (Å²) in [6, 6.07) is 0. The third kappa shape index (κ3) is 4.24. The van der Waals surface area contributed by atoms with E-state index in [0.717, 1.165) is 0 Å². The van der Waals surface area contributed by atoms with Crippen molar-refractivity contribution in [3.05, 3.63) is 6.92 Å². The Balaban J connectivity index is 0. The molecule has 0 aliphatic carbocycles. The zero-order valence-corrected chi connectivity index (χ0v) is 8.56. The molecule has 0 rings (SSSR count). The van der Waals surface area contributed by atoms with Gasteiger partial charge in [-0.25, -0.2) is 0 Å². The van der Waals surface area contributed by atoms with Gasteiger partial charge in [0.2, 0.25) is 0 Å². The van der Waals surface area contributed by atoms with Crippen molar-refractivity contribution in [3.63, 3.8) is 0 Å². The molecule has 0 bridgehead atoms. The first kappa shape index (κ1) is 12.5. The average Bonchev–Trinajstić information content (AvgIpc) is 1.25. The van der Waals surface area contributed by atoms with Crippen LogP contribution in [0.5, 0.6) is 0 Å². The standard InChI is InChI=1S/C6H13O2.Zr/c1-5(2,7)6(3,4)8;/h7-8H,1H2,2-4H3;/q-1;. The summed E-state index contributed by atoms with van der Waals surface area (Å²) in [7, 11) is 0. The van der Waals surface area contributed by atoms with Gasteiger partial charge in [0.1, 0.15) is 0 Å². The maximum Gasteiger partial charge on any atom is 0.0594 e. The number of rotatable bonds is 1. The van der Waals surface area contributed by atoms with Crippen molar-refractivity contribution < 1.29 is 36.4 Å². The largest absolute Gasteiger partial charge is 0.419 e. The van der Waals surface area contributed by atoms with Gasteiger partial charge in [-0.1, -0.05) is 6.92 Å². The molecule has 9 heavy (non-hydrogen) atoms. The smallest absolute Gasteiger partial charge is 0.0594 e. The Morgan fingerprint density at radius 3 is 1.22 bits per heavy atom. The minimum absolute atomic E-state index is 0. The second-order valence-corrected chi connectivity index (χ2v) is 2.83. The molecule has 0 aromatic rings. The van der Waals surface area contributed by atoms with Gasteiger partial charge in [0.15, 0.2) is 0 Å². The van der Waals surface area contributed by atoms with E-state index in [2.05, 4.69) is 6.92 Å². The molecule has 54 valence electrons. The normalized spacial score (nSPS) is 18.0. The molecule has 0 aromatic carbocycles. The number of hydrogen-bond donors (Lipinski definition) is 2. The molecule has 0 saturated carbocycles. The molecule has 2 N–H and O–H groups in total. The molecule has 0 aliphatic rings. The molecule has 3 heteroatoms. The molecule has 0 radical (unpaired) electrons. The molecule has 1 atom stereocenters. The van der Waals surface area contributed by atoms with Crippen molar-refractivity contribution in [1.82, 2.24) is 0 Å². The van der Waals surface area contributed by atoms with Crippen molar-refractivity contribution in [2.45, 2.75) is 32.0 Å². The van der Waals surface area contributed by atoms with Crippen LogP contribution in [-0.4, -0.2) is 21.4 Å². The fourth-order valence-corrected chi connectivity index (χ4v) is 0. The molecule has 2 nitrogen and oxygen atoms in total. The molecule has 0 fully saturated rings. The Kier molecular flexibility index (Phi) is 4.53. The Morgan fingerprint density at radius 2 is 1.22 bits per heavy atom. The molecular weight excluding hydrogens is 195 g/mol. The van der Waals surface area contributed by atoms with E-state index in [1.807, 2.05) is 0 Å². The fraction of sp³-hybridized carbons (Fsp3) is 0.833. The first-order valence-electron chi connectivity index (χ1n) is 2.55. The van der Waals surface area contributed by atoms with Crippen LogP contribution in [-0.2, 0) is 26.2 Å². The van der Waals surface area contributed by atoms with Gasteiger partial charge in [-0.05, 0) is 19.4 Å². The van der Waals surface area contributed by atoms with Gasteiger partial charge in [-0.2, -0.15) is 0 Å². The van der Waals surface area contributed by atoms with Crippen LogP contribution in [0.25, 0.3) is 0 Å². The summed E-state index contributed by atoms with van der Waals surface area (Å²) in [6.07, 6.45) is 0. The van der Waals surface area contributed by atoms with Gasteiger partial charge in [0.25, 0.3) is 0 Å². The van der Waals surface area contributed by atoms with Crippen LogP contribution in [0.2, 0.25) is 0 Å².